The van der Waals surface area contributed by atoms with Crippen molar-refractivity contribution in [3.8, 4) is 0 Å². The van der Waals surface area contributed by atoms with E-state index in [0.29, 0.717) is 10.5 Å². The highest BCUT2D eigenvalue weighted by atomic mass is 32.2. The number of carbonyl (C=O) groups is 1. The molecule has 0 saturated heterocycles. The van der Waals surface area contributed by atoms with Crippen LogP contribution < -0.4 is 0 Å². The van der Waals surface area contributed by atoms with Gasteiger partial charge < -0.3 is 0 Å². The van der Waals surface area contributed by atoms with E-state index in [1.807, 2.05) is 32.0 Å². The first-order valence-corrected chi connectivity index (χ1v) is 10.0. The van der Waals surface area contributed by atoms with Gasteiger partial charge >= 0.3 is 0 Å². The zero-order valence-corrected chi connectivity index (χ0v) is 15.3. The van der Waals surface area contributed by atoms with Crippen molar-refractivity contribution in [2.24, 2.45) is 0 Å². The Bertz CT molecular complexity index is 839. The zero-order chi connectivity index (χ0) is 17.2. The van der Waals surface area contributed by atoms with Crippen molar-refractivity contribution in [3.05, 3.63) is 59.2 Å². The van der Waals surface area contributed by atoms with Crippen molar-refractivity contribution >= 4 is 27.4 Å². The Morgan fingerprint density at radius 1 is 1.04 bits per heavy atom. The summed E-state index contributed by atoms with van der Waals surface area (Å²) in [5, 5.41) is -0.361. The van der Waals surface area contributed by atoms with Crippen LogP contribution in [0.3, 0.4) is 0 Å². The molecule has 0 N–H and O–H groups in total. The first-order valence-electron chi connectivity index (χ1n) is 7.27. The Kier molecular flexibility index (Phi) is 5.32. The lowest BCUT2D eigenvalue weighted by Gasteiger charge is -2.13. The molecule has 2 aromatic carbocycles. The van der Waals surface area contributed by atoms with Crippen molar-refractivity contribution < 1.29 is 13.2 Å². The topological polar surface area (TPSA) is 51.2 Å². The maximum atomic E-state index is 12.6. The number of hydrogen-bond acceptors (Lipinski definition) is 4. The molecule has 0 aromatic heterocycles. The van der Waals surface area contributed by atoms with E-state index >= 15 is 0 Å². The number of sulfone groups is 1. The van der Waals surface area contributed by atoms with Gasteiger partial charge in [-0.05, 0) is 50.1 Å². The van der Waals surface area contributed by atoms with Crippen molar-refractivity contribution in [2.75, 3.05) is 6.26 Å². The minimum Gasteiger partial charge on any atom is -0.293 e. The molecule has 0 amide bonds. The normalized spacial score (nSPS) is 12.9. The molecule has 0 aliphatic heterocycles. The highest BCUT2D eigenvalue weighted by Gasteiger charge is 2.20. The molecule has 23 heavy (non-hydrogen) atoms. The molecule has 5 heteroatoms. The summed E-state index contributed by atoms with van der Waals surface area (Å²) in [4.78, 5) is 13.5. The molecule has 0 bridgehead atoms. The quantitative estimate of drug-likeness (QED) is 0.604. The fraction of sp³-hybridized carbons (Fsp3) is 0.278. The number of hydrogen-bond donors (Lipinski definition) is 0. The largest absolute Gasteiger partial charge is 0.293 e. The van der Waals surface area contributed by atoms with Gasteiger partial charge in [-0.3, -0.25) is 4.79 Å². The molecule has 0 radical (unpaired) electrons. The summed E-state index contributed by atoms with van der Waals surface area (Å²) in [5.74, 6) is 0.00130. The monoisotopic (exact) mass is 348 g/mol. The Balaban J connectivity index is 2.27. The van der Waals surface area contributed by atoms with Crippen molar-refractivity contribution in [1.82, 2.24) is 0 Å². The molecule has 3 nitrogen and oxygen atoms in total. The third-order valence-corrected chi connectivity index (χ3v) is 6.17. The van der Waals surface area contributed by atoms with Crippen LogP contribution in [0.5, 0.6) is 0 Å². The van der Waals surface area contributed by atoms with Gasteiger partial charge in [0.2, 0.25) is 0 Å². The zero-order valence-electron chi connectivity index (χ0n) is 13.7. The van der Waals surface area contributed by atoms with Gasteiger partial charge in [0.25, 0.3) is 0 Å². The Labute approximate surface area is 142 Å². The van der Waals surface area contributed by atoms with E-state index in [1.165, 1.54) is 18.0 Å². The van der Waals surface area contributed by atoms with Gasteiger partial charge in [-0.15, -0.1) is 11.8 Å². The fourth-order valence-corrected chi connectivity index (χ4v) is 4.55. The molecule has 2 aromatic rings. The first-order chi connectivity index (χ1) is 10.7. The molecule has 0 saturated carbocycles. The number of thioether (sulfide) groups is 1. The molecule has 0 heterocycles. The summed E-state index contributed by atoms with van der Waals surface area (Å²) in [6, 6.07) is 12.4. The molecule has 0 aliphatic rings. The molecule has 0 spiro atoms. The van der Waals surface area contributed by atoms with E-state index in [9.17, 15) is 13.2 Å². The average molecular weight is 348 g/mol. The van der Waals surface area contributed by atoms with E-state index in [4.69, 9.17) is 0 Å². The van der Waals surface area contributed by atoms with E-state index in [-0.39, 0.29) is 15.9 Å². The molecule has 1 unspecified atom stereocenters. The lowest BCUT2D eigenvalue weighted by atomic mass is 10.0. The van der Waals surface area contributed by atoms with E-state index in [0.717, 1.165) is 11.1 Å². The first kappa shape index (κ1) is 17.8. The summed E-state index contributed by atoms with van der Waals surface area (Å²) in [6.45, 7) is 5.79. The SMILES string of the molecule is Cc1ccc(C(=O)C(C)Sc2ccccc2S(C)(=O)=O)cc1C. The van der Waals surface area contributed by atoms with Gasteiger partial charge in [-0.25, -0.2) is 8.42 Å². The summed E-state index contributed by atoms with van der Waals surface area (Å²) in [6.07, 6.45) is 1.18. The number of aryl methyl sites for hydroxylation is 2. The third kappa shape index (κ3) is 4.24. The van der Waals surface area contributed by atoms with Crippen LogP contribution in [0.1, 0.15) is 28.4 Å². The number of carbonyl (C=O) groups excluding carboxylic acids is 1. The molecule has 1 atom stereocenters. The Hall–Kier alpha value is -1.59. The van der Waals surface area contributed by atoms with Gasteiger partial charge in [0.1, 0.15) is 0 Å². The molecule has 0 aliphatic carbocycles. The van der Waals surface area contributed by atoms with Crippen LogP contribution in [-0.2, 0) is 9.84 Å². The third-order valence-electron chi connectivity index (χ3n) is 3.71. The standard InChI is InChI=1S/C18H20O3S2/c1-12-9-10-15(11-13(12)2)18(19)14(3)22-16-7-5-6-8-17(16)23(4,20)21/h5-11,14H,1-4H3. The van der Waals surface area contributed by atoms with Gasteiger partial charge in [0.15, 0.2) is 15.6 Å². The van der Waals surface area contributed by atoms with Crippen LogP contribution >= 0.6 is 11.8 Å². The van der Waals surface area contributed by atoms with Crippen molar-refractivity contribution in [1.29, 1.82) is 0 Å². The van der Waals surface area contributed by atoms with Crippen molar-refractivity contribution in [3.63, 3.8) is 0 Å². The highest BCUT2D eigenvalue weighted by Crippen LogP contribution is 2.31. The summed E-state index contributed by atoms with van der Waals surface area (Å²) < 4.78 is 23.7. The van der Waals surface area contributed by atoms with E-state index in [2.05, 4.69) is 0 Å². The van der Waals surface area contributed by atoms with Crippen LogP contribution in [0, 0.1) is 13.8 Å². The summed E-state index contributed by atoms with van der Waals surface area (Å²) in [7, 11) is -3.31. The van der Waals surface area contributed by atoms with Gasteiger partial charge in [-0.1, -0.05) is 24.3 Å². The highest BCUT2D eigenvalue weighted by molar-refractivity contribution is 8.01. The van der Waals surface area contributed by atoms with E-state index in [1.54, 1.807) is 31.2 Å². The van der Waals surface area contributed by atoms with Crippen LogP contribution in [-0.4, -0.2) is 25.7 Å². The minimum absolute atomic E-state index is 0.00130. The lowest BCUT2D eigenvalue weighted by molar-refractivity contribution is 0.0994. The number of ketones is 1. The lowest BCUT2D eigenvalue weighted by Crippen LogP contribution is -2.14. The molecular weight excluding hydrogens is 328 g/mol. The number of rotatable bonds is 5. The van der Waals surface area contributed by atoms with Gasteiger partial charge in [0.05, 0.1) is 10.1 Å². The average Bonchev–Trinajstić information content (AvgIpc) is 2.48. The van der Waals surface area contributed by atoms with Gasteiger partial charge in [-0.2, -0.15) is 0 Å². The van der Waals surface area contributed by atoms with Crippen LogP contribution in [0.25, 0.3) is 0 Å². The van der Waals surface area contributed by atoms with Crippen LogP contribution in [0.4, 0.5) is 0 Å². The smallest absolute Gasteiger partial charge is 0.176 e. The van der Waals surface area contributed by atoms with E-state index < -0.39 is 9.84 Å². The predicted octanol–water partition coefficient (Wildman–Crippen LogP) is 4.07. The maximum absolute atomic E-state index is 12.6. The van der Waals surface area contributed by atoms with Crippen molar-refractivity contribution in [2.45, 2.75) is 35.8 Å². The summed E-state index contributed by atoms with van der Waals surface area (Å²) >= 11 is 1.28. The Morgan fingerprint density at radius 2 is 1.70 bits per heavy atom. The second-order valence-corrected chi connectivity index (χ2v) is 9.01. The minimum atomic E-state index is -3.31. The number of benzene rings is 2. The Morgan fingerprint density at radius 3 is 2.30 bits per heavy atom. The summed E-state index contributed by atoms with van der Waals surface area (Å²) in [5.41, 5.74) is 2.87. The molecule has 2 rings (SSSR count). The van der Waals surface area contributed by atoms with Crippen LogP contribution in [0.2, 0.25) is 0 Å². The molecule has 0 fully saturated rings. The predicted molar refractivity (Wildman–Crippen MR) is 95.1 cm³/mol. The fourth-order valence-electron chi connectivity index (χ4n) is 2.23. The molecular formula is C18H20O3S2. The van der Waals surface area contributed by atoms with Gasteiger partial charge in [0, 0.05) is 16.7 Å². The molecule has 122 valence electrons. The maximum Gasteiger partial charge on any atom is 0.176 e. The second-order valence-electron chi connectivity index (χ2n) is 5.64. The second kappa shape index (κ2) is 6.89. The number of Topliss-reactive ketones (excluding diaryl/α,β-unsaturated/α-hetero) is 1. The van der Waals surface area contributed by atoms with Crippen LogP contribution in [0.15, 0.2) is 52.3 Å².